The molecule has 4 nitrogen and oxygen atoms in total. The maximum atomic E-state index is 11.7. The molecule has 1 aromatic carbocycles. The van der Waals surface area contributed by atoms with Crippen molar-refractivity contribution in [3.8, 4) is 0 Å². The Balaban J connectivity index is 1.95. The molecule has 0 aromatic heterocycles. The largest absolute Gasteiger partial charge is 0.368 e. The van der Waals surface area contributed by atoms with Crippen molar-refractivity contribution in [3.05, 3.63) is 35.4 Å². The summed E-state index contributed by atoms with van der Waals surface area (Å²) in [6.07, 6.45) is 1.39. The number of amides is 1. The van der Waals surface area contributed by atoms with Crippen LogP contribution in [-0.4, -0.2) is 24.3 Å². The summed E-state index contributed by atoms with van der Waals surface area (Å²) in [5.41, 5.74) is 5.57. The molecule has 96 valence electrons. The first-order valence-corrected chi connectivity index (χ1v) is 6.19. The lowest BCUT2D eigenvalue weighted by Gasteiger charge is -2.07. The summed E-state index contributed by atoms with van der Waals surface area (Å²) >= 11 is 0. The van der Waals surface area contributed by atoms with E-state index in [9.17, 15) is 4.79 Å². The van der Waals surface area contributed by atoms with Crippen LogP contribution < -0.4 is 5.43 Å². The van der Waals surface area contributed by atoms with Gasteiger partial charge in [-0.2, -0.15) is 5.10 Å². The first-order valence-electron chi connectivity index (χ1n) is 6.19. The van der Waals surface area contributed by atoms with Gasteiger partial charge in [0, 0.05) is 6.61 Å². The molecule has 0 unspecified atom stereocenters. The number of rotatable bonds is 3. The third kappa shape index (κ3) is 3.17. The number of carbonyl (C=O) groups is 1. The normalized spacial score (nSPS) is 19.9. The molecule has 0 aliphatic carbocycles. The summed E-state index contributed by atoms with van der Waals surface area (Å²) in [5.74, 6) is -0.154. The van der Waals surface area contributed by atoms with Gasteiger partial charge in [0.2, 0.25) is 0 Å². The summed E-state index contributed by atoms with van der Waals surface area (Å²) in [5, 5.41) is 4.11. The van der Waals surface area contributed by atoms with E-state index in [-0.39, 0.29) is 12.0 Å². The summed E-state index contributed by atoms with van der Waals surface area (Å²) in [6.45, 7) is 4.58. The predicted molar refractivity (Wildman–Crippen MR) is 70.5 cm³/mol. The monoisotopic (exact) mass is 246 g/mol. The zero-order valence-electron chi connectivity index (χ0n) is 10.8. The number of nitrogens with one attached hydrogen (secondary N) is 1. The Hall–Kier alpha value is -1.68. The van der Waals surface area contributed by atoms with E-state index in [0.29, 0.717) is 6.61 Å². The van der Waals surface area contributed by atoms with E-state index >= 15 is 0 Å². The lowest BCUT2D eigenvalue weighted by Crippen LogP contribution is -2.31. The molecule has 0 radical (unpaired) electrons. The Kier molecular flexibility index (Phi) is 4.10. The second kappa shape index (κ2) is 5.78. The van der Waals surface area contributed by atoms with Crippen molar-refractivity contribution in [2.45, 2.75) is 32.8 Å². The Morgan fingerprint density at radius 3 is 2.72 bits per heavy atom. The highest BCUT2D eigenvalue weighted by molar-refractivity contribution is 5.99. The molecule has 1 saturated heterocycles. The number of hydrogen-bond donors (Lipinski definition) is 1. The molecule has 0 bridgehead atoms. The van der Waals surface area contributed by atoms with Crippen molar-refractivity contribution in [2.75, 3.05) is 6.61 Å². The molecule has 1 aliphatic rings. The average Bonchev–Trinajstić information content (AvgIpc) is 2.90. The number of aryl methyl sites for hydroxylation is 1. The van der Waals surface area contributed by atoms with Gasteiger partial charge in [-0.05, 0) is 32.3 Å². The zero-order chi connectivity index (χ0) is 13.0. The lowest BCUT2D eigenvalue weighted by molar-refractivity contribution is -0.130. The topological polar surface area (TPSA) is 50.7 Å². The second-order valence-corrected chi connectivity index (χ2v) is 4.54. The van der Waals surface area contributed by atoms with Gasteiger partial charge in [-0.1, -0.05) is 29.8 Å². The summed E-state index contributed by atoms with van der Waals surface area (Å²) in [6, 6.07) is 8.03. The SMILES string of the molecule is C/C(=N\NC(=O)[C@@H]1CCCO1)c1ccc(C)cc1. The molecule has 1 heterocycles. The summed E-state index contributed by atoms with van der Waals surface area (Å²) < 4.78 is 5.29. The van der Waals surface area contributed by atoms with Crippen LogP contribution in [0.1, 0.15) is 30.9 Å². The van der Waals surface area contributed by atoms with E-state index in [1.807, 2.05) is 38.1 Å². The van der Waals surface area contributed by atoms with E-state index in [2.05, 4.69) is 10.5 Å². The molecule has 0 spiro atoms. The van der Waals surface area contributed by atoms with Crippen LogP contribution in [-0.2, 0) is 9.53 Å². The van der Waals surface area contributed by atoms with Gasteiger partial charge < -0.3 is 4.74 Å². The van der Waals surface area contributed by atoms with Gasteiger partial charge in [-0.3, -0.25) is 4.79 Å². The second-order valence-electron chi connectivity index (χ2n) is 4.54. The van der Waals surface area contributed by atoms with Crippen molar-refractivity contribution in [1.82, 2.24) is 5.43 Å². The molecule has 2 rings (SSSR count). The maximum Gasteiger partial charge on any atom is 0.269 e. The standard InChI is InChI=1S/C14H18N2O2/c1-10-5-7-12(8-6-10)11(2)15-16-14(17)13-4-3-9-18-13/h5-8,13H,3-4,9H2,1-2H3,(H,16,17)/b15-11+/t13-/m0/s1. The van der Waals surface area contributed by atoms with Crippen LogP contribution in [0.15, 0.2) is 29.4 Å². The van der Waals surface area contributed by atoms with Gasteiger partial charge in [-0.25, -0.2) is 5.43 Å². The van der Waals surface area contributed by atoms with Crippen LogP contribution in [0.3, 0.4) is 0 Å². The highest BCUT2D eigenvalue weighted by Crippen LogP contribution is 2.11. The first kappa shape index (κ1) is 12.8. The molecular formula is C14H18N2O2. The summed E-state index contributed by atoms with van der Waals surface area (Å²) in [7, 11) is 0. The zero-order valence-corrected chi connectivity index (χ0v) is 10.8. The minimum atomic E-state index is -0.334. The van der Waals surface area contributed by atoms with Crippen LogP contribution in [0.5, 0.6) is 0 Å². The van der Waals surface area contributed by atoms with Crippen LogP contribution in [0, 0.1) is 6.92 Å². The van der Waals surface area contributed by atoms with Crippen molar-refractivity contribution >= 4 is 11.6 Å². The number of carbonyl (C=O) groups excluding carboxylic acids is 1. The van der Waals surface area contributed by atoms with E-state index in [1.54, 1.807) is 0 Å². The molecule has 4 heteroatoms. The molecule has 1 aromatic rings. The smallest absolute Gasteiger partial charge is 0.269 e. The molecule has 0 saturated carbocycles. The molecule has 1 atom stereocenters. The molecule has 1 N–H and O–H groups in total. The predicted octanol–water partition coefficient (Wildman–Crippen LogP) is 2.01. The van der Waals surface area contributed by atoms with E-state index < -0.39 is 0 Å². The van der Waals surface area contributed by atoms with Crippen molar-refractivity contribution in [2.24, 2.45) is 5.10 Å². The fourth-order valence-electron chi connectivity index (χ4n) is 1.85. The van der Waals surface area contributed by atoms with Gasteiger partial charge >= 0.3 is 0 Å². The van der Waals surface area contributed by atoms with E-state index in [0.717, 1.165) is 24.1 Å². The van der Waals surface area contributed by atoms with Gasteiger partial charge in [0.05, 0.1) is 5.71 Å². The quantitative estimate of drug-likeness (QED) is 0.655. The fraction of sp³-hybridized carbons (Fsp3) is 0.429. The van der Waals surface area contributed by atoms with Crippen LogP contribution >= 0.6 is 0 Å². The molecule has 1 amide bonds. The maximum absolute atomic E-state index is 11.7. The Morgan fingerprint density at radius 2 is 2.11 bits per heavy atom. The Bertz CT molecular complexity index is 445. The Morgan fingerprint density at radius 1 is 1.39 bits per heavy atom. The number of ether oxygens (including phenoxy) is 1. The van der Waals surface area contributed by atoms with Gasteiger partial charge in [0.15, 0.2) is 0 Å². The highest BCUT2D eigenvalue weighted by Gasteiger charge is 2.23. The Labute approximate surface area is 107 Å². The lowest BCUT2D eigenvalue weighted by atomic mass is 10.1. The molecular weight excluding hydrogens is 228 g/mol. The fourth-order valence-corrected chi connectivity index (χ4v) is 1.85. The van der Waals surface area contributed by atoms with Crippen LogP contribution in [0.2, 0.25) is 0 Å². The third-order valence-electron chi connectivity index (χ3n) is 3.03. The first-order chi connectivity index (χ1) is 8.66. The van der Waals surface area contributed by atoms with E-state index in [4.69, 9.17) is 4.74 Å². The molecule has 18 heavy (non-hydrogen) atoms. The molecule has 1 aliphatic heterocycles. The number of benzene rings is 1. The summed E-state index contributed by atoms with van der Waals surface area (Å²) in [4.78, 5) is 11.7. The number of nitrogens with zero attached hydrogens (tertiary/aromatic N) is 1. The van der Waals surface area contributed by atoms with Crippen molar-refractivity contribution in [3.63, 3.8) is 0 Å². The number of hydrogen-bond acceptors (Lipinski definition) is 3. The van der Waals surface area contributed by atoms with Gasteiger partial charge in [-0.15, -0.1) is 0 Å². The van der Waals surface area contributed by atoms with Gasteiger partial charge in [0.25, 0.3) is 5.91 Å². The number of hydrazone groups is 1. The van der Waals surface area contributed by atoms with Gasteiger partial charge in [0.1, 0.15) is 6.10 Å². The van der Waals surface area contributed by atoms with Crippen LogP contribution in [0.25, 0.3) is 0 Å². The third-order valence-corrected chi connectivity index (χ3v) is 3.03. The van der Waals surface area contributed by atoms with E-state index in [1.165, 1.54) is 5.56 Å². The van der Waals surface area contributed by atoms with Crippen LogP contribution in [0.4, 0.5) is 0 Å². The minimum Gasteiger partial charge on any atom is -0.368 e. The molecule has 1 fully saturated rings. The van der Waals surface area contributed by atoms with Crippen molar-refractivity contribution < 1.29 is 9.53 Å². The average molecular weight is 246 g/mol. The highest BCUT2D eigenvalue weighted by atomic mass is 16.5. The minimum absolute atomic E-state index is 0.154. The van der Waals surface area contributed by atoms with Crippen molar-refractivity contribution in [1.29, 1.82) is 0 Å².